The monoisotopic (exact) mass is 677 g/mol. The molecule has 8 aromatic carbocycles. The smallest absolute Gasteiger partial charge is 0.0666 e. The molecule has 11 rings (SSSR count). The number of fused-ring (bicyclic) bond motifs is 12. The summed E-state index contributed by atoms with van der Waals surface area (Å²) < 4.78 is 2.43. The topological polar surface area (TPSA) is 21.1 Å². The van der Waals surface area contributed by atoms with E-state index in [-0.39, 0.29) is 5.41 Å². The fourth-order valence-electron chi connectivity index (χ4n) is 9.23. The third-order valence-electron chi connectivity index (χ3n) is 11.6. The molecule has 10 aromatic rings. The minimum atomic E-state index is -0.0698. The molecule has 0 aliphatic heterocycles. The number of para-hydroxylation sites is 1. The number of hydrogen-bond donors (Lipinski definition) is 0. The van der Waals surface area contributed by atoms with Gasteiger partial charge in [-0.1, -0.05) is 147 Å². The summed E-state index contributed by atoms with van der Waals surface area (Å²) in [5, 5.41) is 9.92. The zero-order chi connectivity index (χ0) is 35.3. The molecular formula is C50H35N3. The highest BCUT2D eigenvalue weighted by molar-refractivity contribution is 6.32. The van der Waals surface area contributed by atoms with Gasteiger partial charge in [0, 0.05) is 32.6 Å². The first-order chi connectivity index (χ1) is 26.1. The maximum Gasteiger partial charge on any atom is 0.0666 e. The van der Waals surface area contributed by atoms with E-state index in [4.69, 9.17) is 4.98 Å². The molecule has 0 unspecified atom stereocenters. The lowest BCUT2D eigenvalue weighted by Crippen LogP contribution is -2.15. The molecule has 0 saturated carbocycles. The zero-order valence-electron chi connectivity index (χ0n) is 29.6. The van der Waals surface area contributed by atoms with Crippen LogP contribution in [0.5, 0.6) is 0 Å². The summed E-state index contributed by atoms with van der Waals surface area (Å²) >= 11 is 0. The van der Waals surface area contributed by atoms with Crippen molar-refractivity contribution in [2.24, 2.45) is 0 Å². The summed E-state index contributed by atoms with van der Waals surface area (Å²) in [5.41, 5.74) is 11.9. The number of anilines is 3. The SMILES string of the molecule is CC1(C)c2ccccc2-c2cc(N(c3cncc(-n4c5ccccc5c5c6ccccc6c6ccccc6c54)c3)c3cccc4ccccc34)ccc21. The predicted octanol–water partition coefficient (Wildman–Crippen LogP) is 13.4. The van der Waals surface area contributed by atoms with Gasteiger partial charge >= 0.3 is 0 Å². The van der Waals surface area contributed by atoms with Gasteiger partial charge in [0.1, 0.15) is 0 Å². The van der Waals surface area contributed by atoms with Crippen LogP contribution in [0, 0.1) is 0 Å². The normalized spacial score (nSPS) is 13.2. The minimum Gasteiger partial charge on any atom is -0.308 e. The van der Waals surface area contributed by atoms with E-state index >= 15 is 0 Å². The van der Waals surface area contributed by atoms with Crippen LogP contribution in [0.1, 0.15) is 25.0 Å². The number of nitrogens with zero attached hydrogens (tertiary/aromatic N) is 3. The molecule has 0 radical (unpaired) electrons. The largest absolute Gasteiger partial charge is 0.308 e. The lowest BCUT2D eigenvalue weighted by atomic mass is 9.82. The number of aromatic nitrogens is 2. The summed E-state index contributed by atoms with van der Waals surface area (Å²) in [7, 11) is 0. The second kappa shape index (κ2) is 11.1. The third kappa shape index (κ3) is 4.25. The molecule has 0 N–H and O–H groups in total. The molecule has 1 aliphatic rings. The van der Waals surface area contributed by atoms with Crippen molar-refractivity contribution in [3.05, 3.63) is 187 Å². The van der Waals surface area contributed by atoms with Crippen LogP contribution in [-0.4, -0.2) is 9.55 Å². The van der Waals surface area contributed by atoms with Crippen LogP contribution in [0.15, 0.2) is 176 Å². The van der Waals surface area contributed by atoms with Crippen LogP contribution in [0.25, 0.3) is 70.9 Å². The fraction of sp³-hybridized carbons (Fsp3) is 0.0600. The molecule has 250 valence electrons. The Hall–Kier alpha value is -6.71. The van der Waals surface area contributed by atoms with Gasteiger partial charge in [-0.3, -0.25) is 4.98 Å². The molecule has 3 heteroatoms. The highest BCUT2D eigenvalue weighted by Crippen LogP contribution is 2.51. The second-order valence-electron chi connectivity index (χ2n) is 14.8. The van der Waals surface area contributed by atoms with Crippen molar-refractivity contribution in [3.63, 3.8) is 0 Å². The van der Waals surface area contributed by atoms with Crippen LogP contribution < -0.4 is 4.90 Å². The molecule has 2 aromatic heterocycles. The molecule has 1 aliphatic carbocycles. The van der Waals surface area contributed by atoms with Crippen LogP contribution in [0.4, 0.5) is 17.1 Å². The van der Waals surface area contributed by atoms with E-state index in [1.807, 2.05) is 12.4 Å². The van der Waals surface area contributed by atoms with Crippen molar-refractivity contribution in [2.45, 2.75) is 19.3 Å². The Bertz CT molecular complexity index is 3110. The van der Waals surface area contributed by atoms with Crippen molar-refractivity contribution in [2.75, 3.05) is 4.90 Å². The molecule has 0 amide bonds. The third-order valence-corrected chi connectivity index (χ3v) is 11.6. The van der Waals surface area contributed by atoms with Crippen molar-refractivity contribution in [3.8, 4) is 16.8 Å². The maximum absolute atomic E-state index is 5.02. The predicted molar refractivity (Wildman–Crippen MR) is 223 cm³/mol. The van der Waals surface area contributed by atoms with Crippen molar-refractivity contribution >= 4 is 71.2 Å². The molecule has 0 fully saturated rings. The first kappa shape index (κ1) is 30.0. The van der Waals surface area contributed by atoms with E-state index in [0.29, 0.717) is 0 Å². The zero-order valence-corrected chi connectivity index (χ0v) is 29.6. The van der Waals surface area contributed by atoms with E-state index in [0.717, 1.165) is 28.3 Å². The lowest BCUT2D eigenvalue weighted by molar-refractivity contribution is 0.660. The summed E-state index contributed by atoms with van der Waals surface area (Å²) in [5.74, 6) is 0. The Morgan fingerprint density at radius 3 is 1.98 bits per heavy atom. The Balaban J connectivity index is 1.20. The molecule has 2 heterocycles. The van der Waals surface area contributed by atoms with Gasteiger partial charge in [0.05, 0.1) is 40.5 Å². The second-order valence-corrected chi connectivity index (χ2v) is 14.8. The van der Waals surface area contributed by atoms with Gasteiger partial charge in [0.2, 0.25) is 0 Å². The highest BCUT2D eigenvalue weighted by Gasteiger charge is 2.35. The van der Waals surface area contributed by atoms with Crippen molar-refractivity contribution in [1.29, 1.82) is 0 Å². The average Bonchev–Trinajstić information content (AvgIpc) is 3.68. The number of hydrogen-bond acceptors (Lipinski definition) is 2. The molecule has 53 heavy (non-hydrogen) atoms. The highest BCUT2D eigenvalue weighted by atomic mass is 15.2. The number of pyridine rings is 1. The Morgan fingerprint density at radius 2 is 1.13 bits per heavy atom. The van der Waals surface area contributed by atoms with Gasteiger partial charge in [0.25, 0.3) is 0 Å². The summed E-state index contributed by atoms with van der Waals surface area (Å²) in [6.07, 6.45) is 4.03. The van der Waals surface area contributed by atoms with E-state index < -0.39 is 0 Å². The molecular weight excluding hydrogens is 643 g/mol. The van der Waals surface area contributed by atoms with Gasteiger partial charge < -0.3 is 9.47 Å². The Morgan fingerprint density at radius 1 is 0.491 bits per heavy atom. The van der Waals surface area contributed by atoms with Gasteiger partial charge in [0.15, 0.2) is 0 Å². The maximum atomic E-state index is 5.02. The van der Waals surface area contributed by atoms with Gasteiger partial charge in [-0.2, -0.15) is 0 Å². The van der Waals surface area contributed by atoms with Gasteiger partial charge in [-0.15, -0.1) is 0 Å². The van der Waals surface area contributed by atoms with Crippen LogP contribution in [-0.2, 0) is 5.41 Å². The van der Waals surface area contributed by atoms with Crippen LogP contribution in [0.2, 0.25) is 0 Å². The molecule has 3 nitrogen and oxygen atoms in total. The lowest BCUT2D eigenvalue weighted by Gasteiger charge is -2.28. The summed E-state index contributed by atoms with van der Waals surface area (Å²) in [4.78, 5) is 7.41. The molecule has 0 atom stereocenters. The van der Waals surface area contributed by atoms with Crippen molar-refractivity contribution < 1.29 is 0 Å². The van der Waals surface area contributed by atoms with E-state index in [9.17, 15) is 0 Å². The minimum absolute atomic E-state index is 0.0698. The van der Waals surface area contributed by atoms with Crippen molar-refractivity contribution in [1.82, 2.24) is 9.55 Å². The summed E-state index contributed by atoms with van der Waals surface area (Å²) in [6.45, 7) is 4.68. The molecule has 0 saturated heterocycles. The quantitative estimate of drug-likeness (QED) is 0.173. The summed E-state index contributed by atoms with van der Waals surface area (Å²) in [6, 6.07) is 59.9. The molecule has 0 spiro atoms. The standard InChI is InChI=1S/C50H35N3/c1-50(2)44-23-11-9-19-39(44)43-29-33(26-27-45(43)50)52(46-25-13-15-32-14-3-4-16-36(32)46)34-28-35(31-51-30-34)53-47-24-12-10-22-42(47)48-40-20-7-5-17-37(40)38-18-6-8-21-41(38)49(48)53/h3-31H,1-2H3. The van der Waals surface area contributed by atoms with Crippen LogP contribution >= 0.6 is 0 Å². The van der Waals surface area contributed by atoms with E-state index in [2.05, 4.69) is 187 Å². The number of rotatable bonds is 4. The van der Waals surface area contributed by atoms with Crippen LogP contribution in [0.3, 0.4) is 0 Å². The van der Waals surface area contributed by atoms with E-state index in [1.165, 1.54) is 70.9 Å². The van der Waals surface area contributed by atoms with E-state index in [1.54, 1.807) is 0 Å². The Labute approximate surface area is 308 Å². The average molecular weight is 678 g/mol. The molecule has 0 bridgehead atoms. The fourth-order valence-corrected chi connectivity index (χ4v) is 9.23. The first-order valence-corrected chi connectivity index (χ1v) is 18.4. The first-order valence-electron chi connectivity index (χ1n) is 18.4. The van der Waals surface area contributed by atoms with Gasteiger partial charge in [-0.25, -0.2) is 0 Å². The number of benzene rings is 8. The Kier molecular flexibility index (Phi) is 6.30. The van der Waals surface area contributed by atoms with Gasteiger partial charge in [-0.05, 0) is 74.1 Å².